The Kier molecular flexibility index (Phi) is 10.3. The van der Waals surface area contributed by atoms with Crippen LogP contribution in [0.15, 0.2) is 54.2 Å². The molecular formula is C32H47NO5S. The maximum Gasteiger partial charge on any atom is 0.302 e. The number of carbonyl (C=O) groups excluding carboxylic acids is 1. The first kappa shape index (κ1) is 29.9. The highest BCUT2D eigenvalue weighted by molar-refractivity contribution is 7.89. The SMILES string of the molecule is C=C[C@H]1C[C@]23CCCCCCCCCCN(S(=O)(=O)c4ccc(C)cc4)CC[C@H]1[C@@H](OC(C)=O)[C@@H]2C=COC3. The minimum Gasteiger partial charge on any atom is -0.501 e. The summed E-state index contributed by atoms with van der Waals surface area (Å²) in [7, 11) is -3.65. The first-order chi connectivity index (χ1) is 18.8. The fourth-order valence-electron chi connectivity index (χ4n) is 7.10. The summed E-state index contributed by atoms with van der Waals surface area (Å²) < 4.78 is 41.3. The number of sulfonamides is 1. The molecule has 2 saturated heterocycles. The average Bonchev–Trinajstić information content (AvgIpc) is 2.91. The van der Waals surface area contributed by atoms with Gasteiger partial charge in [0.15, 0.2) is 0 Å². The zero-order chi connectivity index (χ0) is 27.9. The Hall–Kier alpha value is -2.12. The van der Waals surface area contributed by atoms with Gasteiger partial charge in [0.05, 0.1) is 17.8 Å². The van der Waals surface area contributed by atoms with E-state index >= 15 is 0 Å². The Morgan fingerprint density at radius 1 is 1.05 bits per heavy atom. The second-order valence-electron chi connectivity index (χ2n) is 12.0. The monoisotopic (exact) mass is 557 g/mol. The van der Waals surface area contributed by atoms with Crippen molar-refractivity contribution < 1.29 is 22.7 Å². The summed E-state index contributed by atoms with van der Waals surface area (Å²) in [4.78, 5) is 12.7. The Morgan fingerprint density at radius 2 is 1.72 bits per heavy atom. The van der Waals surface area contributed by atoms with Crippen molar-refractivity contribution in [1.29, 1.82) is 0 Å². The van der Waals surface area contributed by atoms with Gasteiger partial charge in [0, 0.05) is 37.3 Å². The lowest BCUT2D eigenvalue weighted by Crippen LogP contribution is -2.54. The van der Waals surface area contributed by atoms with Gasteiger partial charge in [-0.15, -0.1) is 6.58 Å². The predicted molar refractivity (Wildman–Crippen MR) is 154 cm³/mol. The maximum atomic E-state index is 13.8. The van der Waals surface area contributed by atoms with E-state index in [0.29, 0.717) is 31.0 Å². The third-order valence-corrected chi connectivity index (χ3v) is 11.1. The Balaban J connectivity index is 1.67. The van der Waals surface area contributed by atoms with E-state index in [4.69, 9.17) is 9.47 Å². The number of rotatable bonds is 4. The van der Waals surface area contributed by atoms with Crippen LogP contribution in [0.3, 0.4) is 0 Å². The van der Waals surface area contributed by atoms with Crippen LogP contribution in [0.5, 0.6) is 0 Å². The molecule has 3 fully saturated rings. The molecule has 1 spiro atoms. The fraction of sp³-hybridized carbons (Fsp3) is 0.656. The molecule has 1 aliphatic carbocycles. The third-order valence-electron chi connectivity index (χ3n) is 9.24. The van der Waals surface area contributed by atoms with E-state index in [1.807, 2.05) is 25.1 Å². The van der Waals surface area contributed by atoms with Crippen molar-refractivity contribution >= 4 is 16.0 Å². The molecule has 7 heteroatoms. The molecular weight excluding hydrogens is 510 g/mol. The van der Waals surface area contributed by atoms with Crippen LogP contribution in [-0.4, -0.2) is 44.5 Å². The van der Waals surface area contributed by atoms with E-state index in [1.54, 1.807) is 22.7 Å². The molecule has 5 atom stereocenters. The van der Waals surface area contributed by atoms with Crippen LogP contribution in [0, 0.1) is 30.1 Å². The number of hydrogen-bond acceptors (Lipinski definition) is 5. The second-order valence-corrected chi connectivity index (χ2v) is 13.9. The van der Waals surface area contributed by atoms with Crippen LogP contribution in [0.25, 0.3) is 0 Å². The number of benzene rings is 1. The van der Waals surface area contributed by atoms with Gasteiger partial charge in [-0.3, -0.25) is 4.79 Å². The van der Waals surface area contributed by atoms with Crippen molar-refractivity contribution in [3.8, 4) is 0 Å². The summed E-state index contributed by atoms with van der Waals surface area (Å²) in [5.41, 5.74) is 0.928. The highest BCUT2D eigenvalue weighted by Gasteiger charge is 2.54. The quantitative estimate of drug-likeness (QED) is 0.301. The molecule has 216 valence electrons. The summed E-state index contributed by atoms with van der Waals surface area (Å²) in [5, 5.41) is 0. The minimum absolute atomic E-state index is 0.0151. The van der Waals surface area contributed by atoms with Crippen molar-refractivity contribution in [1.82, 2.24) is 4.31 Å². The van der Waals surface area contributed by atoms with Gasteiger partial charge in [0.1, 0.15) is 6.10 Å². The molecule has 39 heavy (non-hydrogen) atoms. The topological polar surface area (TPSA) is 72.9 Å². The molecule has 0 radical (unpaired) electrons. The Labute approximate surface area is 235 Å². The van der Waals surface area contributed by atoms with Gasteiger partial charge < -0.3 is 9.47 Å². The molecule has 0 N–H and O–H groups in total. The number of fused-ring (bicyclic) bond motifs is 13. The van der Waals surface area contributed by atoms with E-state index in [1.165, 1.54) is 32.6 Å². The highest BCUT2D eigenvalue weighted by Crippen LogP contribution is 2.54. The van der Waals surface area contributed by atoms with Crippen LogP contribution in [0.1, 0.15) is 83.1 Å². The van der Waals surface area contributed by atoms with Crippen molar-refractivity contribution in [2.45, 2.75) is 95.5 Å². The molecule has 0 unspecified atom stereocenters. The van der Waals surface area contributed by atoms with Gasteiger partial charge in [-0.05, 0) is 56.7 Å². The lowest BCUT2D eigenvalue weighted by atomic mass is 9.55. The van der Waals surface area contributed by atoms with Crippen LogP contribution in [0.4, 0.5) is 0 Å². The van der Waals surface area contributed by atoms with Gasteiger partial charge in [-0.2, -0.15) is 4.31 Å². The summed E-state index contributed by atoms with van der Waals surface area (Å²) in [6.45, 7) is 9.14. The molecule has 3 aliphatic heterocycles. The molecule has 1 aromatic carbocycles. The lowest BCUT2D eigenvalue weighted by molar-refractivity contribution is -0.168. The van der Waals surface area contributed by atoms with E-state index in [-0.39, 0.29) is 35.2 Å². The summed E-state index contributed by atoms with van der Waals surface area (Å²) >= 11 is 0. The van der Waals surface area contributed by atoms with Crippen molar-refractivity contribution in [2.75, 3.05) is 19.7 Å². The third kappa shape index (κ3) is 7.15. The predicted octanol–water partition coefficient (Wildman–Crippen LogP) is 6.80. The summed E-state index contributed by atoms with van der Waals surface area (Å²) in [6, 6.07) is 7.14. The maximum absolute atomic E-state index is 13.8. The van der Waals surface area contributed by atoms with Crippen LogP contribution in [-0.2, 0) is 24.3 Å². The molecule has 3 heterocycles. The number of ether oxygens (including phenoxy) is 2. The molecule has 6 nitrogen and oxygen atoms in total. The Morgan fingerprint density at radius 3 is 2.38 bits per heavy atom. The van der Waals surface area contributed by atoms with E-state index in [0.717, 1.165) is 44.1 Å². The number of aryl methyl sites for hydroxylation is 1. The number of hydrogen-bond donors (Lipinski definition) is 0. The zero-order valence-corrected chi connectivity index (χ0v) is 24.7. The largest absolute Gasteiger partial charge is 0.501 e. The second kappa shape index (κ2) is 13.5. The number of nitrogens with zero attached hydrogens (tertiary/aromatic N) is 1. The van der Waals surface area contributed by atoms with Crippen molar-refractivity contribution in [3.05, 3.63) is 54.8 Å². The smallest absolute Gasteiger partial charge is 0.302 e. The van der Waals surface area contributed by atoms with Gasteiger partial charge >= 0.3 is 5.97 Å². The number of allylic oxidation sites excluding steroid dienone is 1. The average molecular weight is 558 g/mol. The van der Waals surface area contributed by atoms with Crippen LogP contribution >= 0.6 is 0 Å². The zero-order valence-electron chi connectivity index (χ0n) is 23.9. The molecule has 2 bridgehead atoms. The first-order valence-corrected chi connectivity index (χ1v) is 16.4. The van der Waals surface area contributed by atoms with Crippen molar-refractivity contribution in [3.63, 3.8) is 0 Å². The number of carbonyl (C=O) groups is 1. The standard InChI is InChI=1S/C32H47NO5S/c1-4-27-23-32-19-11-9-7-5-6-8-10-12-20-33(39(35,36)28-15-13-25(2)14-16-28)21-17-29(27)31(38-26(3)34)30(32)18-22-37-24-32/h4,13-16,18,22,27,29-31H,1,5-12,17,19-21,23-24H2,2-3H3/t27-,29+,30-,31+,32-/m0/s1. The molecule has 1 aromatic rings. The van der Waals surface area contributed by atoms with Crippen molar-refractivity contribution in [2.24, 2.45) is 23.2 Å². The Bertz CT molecular complexity index is 1100. The summed E-state index contributed by atoms with van der Waals surface area (Å²) in [6.07, 6.45) is 17.1. The molecule has 0 aromatic heterocycles. The fourth-order valence-corrected chi connectivity index (χ4v) is 8.59. The molecule has 5 rings (SSSR count). The van der Waals surface area contributed by atoms with E-state index in [2.05, 4.69) is 12.7 Å². The van der Waals surface area contributed by atoms with Crippen LogP contribution < -0.4 is 0 Å². The molecule has 0 amide bonds. The van der Waals surface area contributed by atoms with Crippen LogP contribution in [0.2, 0.25) is 0 Å². The first-order valence-electron chi connectivity index (χ1n) is 14.9. The van der Waals surface area contributed by atoms with Gasteiger partial charge in [-0.25, -0.2) is 8.42 Å². The lowest BCUT2D eigenvalue weighted by Gasteiger charge is -2.53. The van der Waals surface area contributed by atoms with Gasteiger partial charge in [0.2, 0.25) is 10.0 Å². The van der Waals surface area contributed by atoms with E-state index < -0.39 is 10.0 Å². The molecule has 4 aliphatic rings. The normalized spacial score (nSPS) is 31.4. The summed E-state index contributed by atoms with van der Waals surface area (Å²) in [5.74, 6) is -0.147. The van der Waals surface area contributed by atoms with Gasteiger partial charge in [-0.1, -0.05) is 68.7 Å². The van der Waals surface area contributed by atoms with E-state index in [9.17, 15) is 13.2 Å². The number of esters is 1. The minimum atomic E-state index is -3.65. The molecule has 1 saturated carbocycles. The van der Waals surface area contributed by atoms with Gasteiger partial charge in [0.25, 0.3) is 0 Å². The highest BCUT2D eigenvalue weighted by atomic mass is 32.2.